The number of nitrogens with one attached hydrogen (secondary N) is 2. The minimum absolute atomic E-state index is 0.111. The molecule has 2 rings (SSSR count). The molecule has 0 aromatic heterocycles. The van der Waals surface area contributed by atoms with E-state index >= 15 is 0 Å². The third-order valence-corrected chi connectivity index (χ3v) is 3.34. The number of ether oxygens (including phenoxy) is 1. The normalized spacial score (nSPS) is 15.8. The van der Waals surface area contributed by atoms with E-state index in [0.717, 1.165) is 0 Å². The van der Waals surface area contributed by atoms with Crippen LogP contribution in [0.2, 0.25) is 5.02 Å². The summed E-state index contributed by atoms with van der Waals surface area (Å²) in [6.07, 6.45) is 1.35. The van der Waals surface area contributed by atoms with Gasteiger partial charge < -0.3 is 4.74 Å². The Labute approximate surface area is 116 Å². The molecule has 2 N–H and O–H groups in total. The molecule has 0 aliphatic carbocycles. The van der Waals surface area contributed by atoms with Crippen molar-refractivity contribution in [3.05, 3.63) is 34.9 Å². The molecule has 1 aliphatic heterocycles. The second-order valence-corrected chi connectivity index (χ2v) is 4.72. The Hall–Kier alpha value is -1.59. The number of rotatable bonds is 2. The second-order valence-electron chi connectivity index (χ2n) is 4.31. The van der Waals surface area contributed by atoms with E-state index in [2.05, 4.69) is 10.9 Å². The fourth-order valence-corrected chi connectivity index (χ4v) is 2.11. The van der Waals surface area contributed by atoms with Gasteiger partial charge in [0.2, 0.25) is 5.91 Å². The number of carbonyl (C=O) groups is 2. The van der Waals surface area contributed by atoms with Crippen LogP contribution in [0.1, 0.15) is 23.2 Å². The fourth-order valence-electron chi connectivity index (χ4n) is 1.89. The van der Waals surface area contributed by atoms with Crippen LogP contribution in [-0.4, -0.2) is 25.0 Å². The first kappa shape index (κ1) is 13.8. The molecule has 0 radical (unpaired) electrons. The number of hydrogen-bond donors (Lipinski definition) is 2. The molecule has 1 aliphatic rings. The number of hydrogen-bond acceptors (Lipinski definition) is 3. The van der Waals surface area contributed by atoms with Crippen molar-refractivity contribution in [3.63, 3.8) is 0 Å². The summed E-state index contributed by atoms with van der Waals surface area (Å²) in [5.74, 6) is -0.727. The highest BCUT2D eigenvalue weighted by atomic mass is 35.5. The molecule has 1 aromatic carbocycles. The highest BCUT2D eigenvalue weighted by molar-refractivity contribution is 6.33. The molecule has 6 heteroatoms. The van der Waals surface area contributed by atoms with Gasteiger partial charge in [0, 0.05) is 19.1 Å². The van der Waals surface area contributed by atoms with E-state index in [0.29, 0.717) is 36.6 Å². The van der Waals surface area contributed by atoms with E-state index in [9.17, 15) is 9.59 Å². The van der Waals surface area contributed by atoms with Gasteiger partial charge in [-0.05, 0) is 25.0 Å². The van der Waals surface area contributed by atoms with Crippen LogP contribution >= 0.6 is 11.6 Å². The van der Waals surface area contributed by atoms with E-state index < -0.39 is 5.91 Å². The number of hydrazine groups is 1. The van der Waals surface area contributed by atoms with Crippen molar-refractivity contribution >= 4 is 23.4 Å². The van der Waals surface area contributed by atoms with Crippen molar-refractivity contribution in [2.75, 3.05) is 13.2 Å². The molecule has 0 atom stereocenters. The van der Waals surface area contributed by atoms with Gasteiger partial charge in [0.1, 0.15) is 0 Å². The predicted octanol–water partition coefficient (Wildman–Crippen LogP) is 1.53. The van der Waals surface area contributed by atoms with E-state index in [1.165, 1.54) is 0 Å². The molecule has 1 aromatic rings. The van der Waals surface area contributed by atoms with E-state index in [4.69, 9.17) is 16.3 Å². The zero-order valence-corrected chi connectivity index (χ0v) is 11.1. The Kier molecular flexibility index (Phi) is 4.76. The van der Waals surface area contributed by atoms with E-state index in [-0.39, 0.29) is 11.8 Å². The summed E-state index contributed by atoms with van der Waals surface area (Å²) in [4.78, 5) is 23.6. The van der Waals surface area contributed by atoms with Crippen molar-refractivity contribution in [3.8, 4) is 0 Å². The van der Waals surface area contributed by atoms with Crippen molar-refractivity contribution in [1.82, 2.24) is 10.9 Å². The van der Waals surface area contributed by atoms with Crippen molar-refractivity contribution < 1.29 is 14.3 Å². The maximum atomic E-state index is 11.8. The Morgan fingerprint density at radius 2 is 1.84 bits per heavy atom. The molecule has 0 spiro atoms. The van der Waals surface area contributed by atoms with Crippen LogP contribution in [-0.2, 0) is 9.53 Å². The minimum atomic E-state index is -0.425. The van der Waals surface area contributed by atoms with Crippen LogP contribution in [0.15, 0.2) is 24.3 Å². The molecular formula is C13H15ClN2O3. The third-order valence-electron chi connectivity index (χ3n) is 3.01. The largest absolute Gasteiger partial charge is 0.381 e. The summed E-state index contributed by atoms with van der Waals surface area (Å²) >= 11 is 5.89. The fraction of sp³-hybridized carbons (Fsp3) is 0.385. The standard InChI is InChI=1S/C13H15ClN2O3/c14-11-4-2-1-3-10(11)13(18)16-15-12(17)9-5-7-19-8-6-9/h1-4,9H,5-8H2,(H,15,17)(H,16,18). The maximum absolute atomic E-state index is 11.8. The molecule has 102 valence electrons. The summed E-state index contributed by atoms with van der Waals surface area (Å²) in [7, 11) is 0. The van der Waals surface area contributed by atoms with Crippen LogP contribution in [0, 0.1) is 5.92 Å². The lowest BCUT2D eigenvalue weighted by Crippen LogP contribution is -2.45. The van der Waals surface area contributed by atoms with Gasteiger partial charge in [-0.15, -0.1) is 0 Å². The van der Waals surface area contributed by atoms with Crippen LogP contribution in [0.4, 0.5) is 0 Å². The van der Waals surface area contributed by atoms with Crippen molar-refractivity contribution in [2.24, 2.45) is 5.92 Å². The van der Waals surface area contributed by atoms with E-state index in [1.54, 1.807) is 24.3 Å². The average molecular weight is 283 g/mol. The van der Waals surface area contributed by atoms with Crippen molar-refractivity contribution in [2.45, 2.75) is 12.8 Å². The Morgan fingerprint density at radius 1 is 1.16 bits per heavy atom. The Morgan fingerprint density at radius 3 is 2.53 bits per heavy atom. The molecule has 1 saturated heterocycles. The smallest absolute Gasteiger partial charge is 0.271 e. The summed E-state index contributed by atoms with van der Waals surface area (Å²) in [5.41, 5.74) is 5.13. The average Bonchev–Trinajstić information content (AvgIpc) is 2.46. The zero-order valence-electron chi connectivity index (χ0n) is 10.3. The molecule has 0 saturated carbocycles. The van der Waals surface area contributed by atoms with Gasteiger partial charge in [0.05, 0.1) is 10.6 Å². The summed E-state index contributed by atoms with van der Waals surface area (Å²) in [6.45, 7) is 1.16. The zero-order chi connectivity index (χ0) is 13.7. The lowest BCUT2D eigenvalue weighted by atomic mass is 10.00. The maximum Gasteiger partial charge on any atom is 0.271 e. The second kappa shape index (κ2) is 6.54. The first-order valence-electron chi connectivity index (χ1n) is 6.11. The monoisotopic (exact) mass is 282 g/mol. The highest BCUT2D eigenvalue weighted by Crippen LogP contribution is 2.15. The molecule has 0 unspecified atom stereocenters. The number of halogens is 1. The molecule has 1 fully saturated rings. The van der Waals surface area contributed by atoms with Gasteiger partial charge in [-0.1, -0.05) is 23.7 Å². The number of amides is 2. The molecular weight excluding hydrogens is 268 g/mol. The number of carbonyl (C=O) groups excluding carboxylic acids is 2. The predicted molar refractivity (Wildman–Crippen MR) is 70.6 cm³/mol. The Balaban J connectivity index is 1.86. The van der Waals surface area contributed by atoms with Crippen molar-refractivity contribution in [1.29, 1.82) is 0 Å². The summed E-state index contributed by atoms with van der Waals surface area (Å²) in [6, 6.07) is 6.66. The topological polar surface area (TPSA) is 67.4 Å². The van der Waals surface area contributed by atoms with Gasteiger partial charge in [0.15, 0.2) is 0 Å². The van der Waals surface area contributed by atoms with Crippen LogP contribution < -0.4 is 10.9 Å². The minimum Gasteiger partial charge on any atom is -0.381 e. The van der Waals surface area contributed by atoms with E-state index in [1.807, 2.05) is 0 Å². The molecule has 0 bridgehead atoms. The van der Waals surface area contributed by atoms with Gasteiger partial charge in [-0.3, -0.25) is 20.4 Å². The SMILES string of the molecule is O=C(NNC(=O)C1CCOCC1)c1ccccc1Cl. The van der Waals surface area contributed by atoms with Gasteiger partial charge in [0.25, 0.3) is 5.91 Å². The third kappa shape index (κ3) is 3.68. The molecule has 19 heavy (non-hydrogen) atoms. The quantitative estimate of drug-likeness (QED) is 0.809. The van der Waals surface area contributed by atoms with Crippen LogP contribution in [0.5, 0.6) is 0 Å². The summed E-state index contributed by atoms with van der Waals surface area (Å²) in [5, 5.41) is 0.348. The first-order chi connectivity index (χ1) is 9.18. The Bertz CT molecular complexity index is 473. The molecule has 1 heterocycles. The molecule has 2 amide bonds. The van der Waals surface area contributed by atoms with Gasteiger partial charge in [-0.2, -0.15) is 0 Å². The highest BCUT2D eigenvalue weighted by Gasteiger charge is 2.22. The number of benzene rings is 1. The van der Waals surface area contributed by atoms with Crippen LogP contribution in [0.25, 0.3) is 0 Å². The van der Waals surface area contributed by atoms with Gasteiger partial charge in [-0.25, -0.2) is 0 Å². The molecule has 5 nitrogen and oxygen atoms in total. The van der Waals surface area contributed by atoms with Crippen LogP contribution in [0.3, 0.4) is 0 Å². The summed E-state index contributed by atoms with van der Waals surface area (Å²) < 4.78 is 5.18. The lowest BCUT2D eigenvalue weighted by Gasteiger charge is -2.21. The lowest BCUT2D eigenvalue weighted by molar-refractivity contribution is -0.128. The van der Waals surface area contributed by atoms with Gasteiger partial charge >= 0.3 is 0 Å². The first-order valence-corrected chi connectivity index (χ1v) is 6.49.